The Morgan fingerprint density at radius 1 is 1.00 bits per heavy atom. The van der Waals surface area contributed by atoms with Crippen molar-refractivity contribution in [2.75, 3.05) is 13.7 Å². The van der Waals surface area contributed by atoms with E-state index in [1.54, 1.807) is 43.3 Å². The molecule has 0 heterocycles. The molecule has 0 radical (unpaired) electrons. The van der Waals surface area contributed by atoms with Crippen LogP contribution in [-0.2, 0) is 21.9 Å². The standard InChI is InChI=1S/C25H23F6NO4/c1-3-36-23(34)21(14-5-4-6-20(12-14)35-2)15-7-8-19(11-15)32-22(33)16-9-17(24(26,27)28)13-18(10-16)25(29,30)31/h4-10,12-13,15,19,21H,3,11H2,1-2H3,(H,32,33)/t15-,19-,21+/m0/s1. The number of ether oxygens (including phenoxy) is 2. The molecule has 0 saturated heterocycles. The lowest BCUT2D eigenvalue weighted by atomic mass is 9.85. The molecule has 1 N–H and O–H groups in total. The van der Waals surface area contributed by atoms with Gasteiger partial charge in [0.15, 0.2) is 0 Å². The number of halogens is 6. The summed E-state index contributed by atoms with van der Waals surface area (Å²) >= 11 is 0. The van der Waals surface area contributed by atoms with Gasteiger partial charge in [0.2, 0.25) is 0 Å². The number of hydrogen-bond acceptors (Lipinski definition) is 4. The third kappa shape index (κ3) is 6.38. The van der Waals surface area contributed by atoms with E-state index in [1.165, 1.54) is 7.11 Å². The van der Waals surface area contributed by atoms with E-state index in [0.717, 1.165) is 0 Å². The molecule has 2 aromatic carbocycles. The van der Waals surface area contributed by atoms with Crippen molar-refractivity contribution in [3.05, 3.63) is 76.9 Å². The lowest BCUT2D eigenvalue weighted by Gasteiger charge is -2.23. The highest BCUT2D eigenvalue weighted by atomic mass is 19.4. The molecule has 36 heavy (non-hydrogen) atoms. The predicted octanol–water partition coefficient (Wildman–Crippen LogP) is 5.75. The zero-order chi connectivity index (χ0) is 26.7. The summed E-state index contributed by atoms with van der Waals surface area (Å²) in [4.78, 5) is 25.4. The summed E-state index contributed by atoms with van der Waals surface area (Å²) in [6.45, 7) is 1.78. The second-order valence-corrected chi connectivity index (χ2v) is 8.17. The molecule has 2 aromatic rings. The van der Waals surface area contributed by atoms with Crippen LogP contribution in [0.15, 0.2) is 54.6 Å². The van der Waals surface area contributed by atoms with Crippen LogP contribution in [0.4, 0.5) is 26.3 Å². The van der Waals surface area contributed by atoms with E-state index in [9.17, 15) is 35.9 Å². The van der Waals surface area contributed by atoms with Gasteiger partial charge in [-0.25, -0.2) is 0 Å². The number of carbonyl (C=O) groups is 2. The molecule has 1 amide bonds. The number of benzene rings is 2. The van der Waals surface area contributed by atoms with Gasteiger partial charge in [0.1, 0.15) is 5.75 Å². The number of methoxy groups -OCH3 is 1. The van der Waals surface area contributed by atoms with E-state index in [2.05, 4.69) is 5.32 Å². The van der Waals surface area contributed by atoms with E-state index < -0.39 is 58.8 Å². The summed E-state index contributed by atoms with van der Waals surface area (Å²) < 4.78 is 89.2. The number of hydrogen-bond donors (Lipinski definition) is 1. The minimum Gasteiger partial charge on any atom is -0.497 e. The highest BCUT2D eigenvalue weighted by Crippen LogP contribution is 2.38. The van der Waals surface area contributed by atoms with Gasteiger partial charge in [0.25, 0.3) is 5.91 Å². The zero-order valence-electron chi connectivity index (χ0n) is 19.2. The quantitative estimate of drug-likeness (QED) is 0.290. The summed E-state index contributed by atoms with van der Waals surface area (Å²) in [6, 6.07) is 6.76. The number of esters is 1. The van der Waals surface area contributed by atoms with Gasteiger partial charge in [-0.2, -0.15) is 26.3 Å². The van der Waals surface area contributed by atoms with Crippen LogP contribution in [0.5, 0.6) is 5.75 Å². The van der Waals surface area contributed by atoms with Gasteiger partial charge < -0.3 is 14.8 Å². The molecule has 3 atom stereocenters. The van der Waals surface area contributed by atoms with Crippen LogP contribution < -0.4 is 10.1 Å². The van der Waals surface area contributed by atoms with Gasteiger partial charge in [-0.3, -0.25) is 9.59 Å². The maximum absolute atomic E-state index is 13.1. The van der Waals surface area contributed by atoms with Crippen molar-refractivity contribution >= 4 is 11.9 Å². The Hall–Kier alpha value is -3.50. The SMILES string of the molecule is CCOC(=O)[C@H](c1cccc(OC)c1)[C@H]1C=C[C@H](NC(=O)c2cc(C(F)(F)F)cc(C(F)(F)F)c2)C1. The van der Waals surface area contributed by atoms with Crippen LogP contribution in [0, 0.1) is 5.92 Å². The average molecular weight is 515 g/mol. The molecule has 194 valence electrons. The minimum absolute atomic E-state index is 0.0413. The molecule has 0 bridgehead atoms. The van der Waals surface area contributed by atoms with E-state index in [4.69, 9.17) is 9.47 Å². The van der Waals surface area contributed by atoms with E-state index in [1.807, 2.05) is 0 Å². The van der Waals surface area contributed by atoms with Crippen molar-refractivity contribution in [2.45, 2.75) is 37.7 Å². The highest BCUT2D eigenvalue weighted by Gasteiger charge is 2.38. The number of carbonyl (C=O) groups excluding carboxylic acids is 2. The maximum Gasteiger partial charge on any atom is 0.416 e. The molecule has 11 heteroatoms. The molecule has 5 nitrogen and oxygen atoms in total. The first kappa shape index (κ1) is 27.1. The van der Waals surface area contributed by atoms with Crippen LogP contribution in [0.3, 0.4) is 0 Å². The number of rotatable bonds is 7. The van der Waals surface area contributed by atoms with Crippen molar-refractivity contribution in [3.63, 3.8) is 0 Å². The molecule has 1 aliphatic carbocycles. The monoisotopic (exact) mass is 515 g/mol. The Labute approximate surface area is 203 Å². The van der Waals surface area contributed by atoms with Crippen LogP contribution in [0.25, 0.3) is 0 Å². The molecule has 0 aliphatic heterocycles. The van der Waals surface area contributed by atoms with Crippen molar-refractivity contribution < 1.29 is 45.4 Å². The molecule has 1 aliphatic rings. The molecular formula is C25H23F6NO4. The van der Waals surface area contributed by atoms with Gasteiger partial charge in [0.05, 0.1) is 30.8 Å². The summed E-state index contributed by atoms with van der Waals surface area (Å²) in [5.74, 6) is -2.31. The first-order valence-corrected chi connectivity index (χ1v) is 10.9. The van der Waals surface area contributed by atoms with Crippen LogP contribution >= 0.6 is 0 Å². The Morgan fingerprint density at radius 2 is 1.64 bits per heavy atom. The van der Waals surface area contributed by atoms with Crippen molar-refractivity contribution in [1.29, 1.82) is 0 Å². The lowest BCUT2D eigenvalue weighted by Crippen LogP contribution is -2.34. The van der Waals surface area contributed by atoms with Crippen molar-refractivity contribution in [2.24, 2.45) is 5.92 Å². The predicted molar refractivity (Wildman–Crippen MR) is 117 cm³/mol. The van der Waals surface area contributed by atoms with E-state index >= 15 is 0 Å². The summed E-state index contributed by atoms with van der Waals surface area (Å²) in [6.07, 6.45) is -6.75. The fourth-order valence-electron chi connectivity index (χ4n) is 4.04. The second kappa shape index (κ2) is 10.6. The molecule has 0 aromatic heterocycles. The highest BCUT2D eigenvalue weighted by molar-refractivity contribution is 5.95. The number of nitrogens with one attached hydrogen (secondary N) is 1. The number of alkyl halides is 6. The van der Waals surface area contributed by atoms with Crippen LogP contribution in [0.2, 0.25) is 0 Å². The van der Waals surface area contributed by atoms with Crippen LogP contribution in [-0.4, -0.2) is 31.6 Å². The Kier molecular flexibility index (Phi) is 8.00. The zero-order valence-corrected chi connectivity index (χ0v) is 19.2. The van der Waals surface area contributed by atoms with Gasteiger partial charge in [-0.1, -0.05) is 24.3 Å². The number of amides is 1. The topological polar surface area (TPSA) is 64.6 Å². The van der Waals surface area contributed by atoms with E-state index in [-0.39, 0.29) is 19.1 Å². The Balaban J connectivity index is 1.82. The number of allylic oxidation sites excluding steroid dienone is 1. The van der Waals surface area contributed by atoms with Crippen molar-refractivity contribution in [1.82, 2.24) is 5.32 Å². The second-order valence-electron chi connectivity index (χ2n) is 8.17. The summed E-state index contributed by atoms with van der Waals surface area (Å²) in [5, 5.41) is 2.45. The minimum atomic E-state index is -5.07. The maximum atomic E-state index is 13.1. The summed E-state index contributed by atoms with van der Waals surface area (Å²) in [5.41, 5.74) is -3.34. The lowest BCUT2D eigenvalue weighted by molar-refractivity contribution is -0.146. The fraction of sp³-hybridized carbons (Fsp3) is 0.360. The molecule has 0 unspecified atom stereocenters. The summed E-state index contributed by atoms with van der Waals surface area (Å²) in [7, 11) is 1.47. The Bertz CT molecular complexity index is 1110. The van der Waals surface area contributed by atoms with Gasteiger partial charge >= 0.3 is 18.3 Å². The average Bonchev–Trinajstić information content (AvgIpc) is 3.25. The van der Waals surface area contributed by atoms with Gasteiger partial charge in [-0.15, -0.1) is 0 Å². The first-order valence-electron chi connectivity index (χ1n) is 10.9. The molecule has 0 fully saturated rings. The van der Waals surface area contributed by atoms with Crippen LogP contribution in [0.1, 0.15) is 46.3 Å². The molecule has 0 saturated carbocycles. The molecule has 0 spiro atoms. The van der Waals surface area contributed by atoms with Gasteiger partial charge in [-0.05, 0) is 55.2 Å². The smallest absolute Gasteiger partial charge is 0.416 e. The third-order valence-corrected chi connectivity index (χ3v) is 5.70. The van der Waals surface area contributed by atoms with E-state index in [0.29, 0.717) is 23.4 Å². The third-order valence-electron chi connectivity index (χ3n) is 5.70. The largest absolute Gasteiger partial charge is 0.497 e. The normalized spacial score (nSPS) is 18.6. The Morgan fingerprint density at radius 3 is 2.19 bits per heavy atom. The molecular weight excluding hydrogens is 492 g/mol. The fourth-order valence-corrected chi connectivity index (χ4v) is 4.04. The van der Waals surface area contributed by atoms with Crippen molar-refractivity contribution in [3.8, 4) is 5.75 Å². The molecule has 3 rings (SSSR count). The van der Waals surface area contributed by atoms with Gasteiger partial charge in [0, 0.05) is 11.6 Å². The first-order chi connectivity index (χ1) is 16.8.